The summed E-state index contributed by atoms with van der Waals surface area (Å²) in [5, 5.41) is 7.69. The lowest BCUT2D eigenvalue weighted by atomic mass is 10.3. The molecule has 1 fully saturated rings. The molecule has 1 aromatic heterocycles. The van der Waals surface area contributed by atoms with Gasteiger partial charge in [0.15, 0.2) is 0 Å². The molecule has 1 aliphatic carbocycles. The van der Waals surface area contributed by atoms with E-state index in [1.165, 1.54) is 31.4 Å². The number of nitrogens with zero attached hydrogens (tertiary/aromatic N) is 2. The monoisotopic (exact) mass is 193 g/mol. The number of hydrogen-bond donors (Lipinski definition) is 1. The molecule has 1 heterocycles. The third-order valence-corrected chi connectivity index (χ3v) is 2.71. The number of aromatic nitrogens is 2. The Balaban J connectivity index is 1.53. The molecule has 0 aliphatic heterocycles. The lowest BCUT2D eigenvalue weighted by Crippen LogP contribution is -2.21. The van der Waals surface area contributed by atoms with Crippen molar-refractivity contribution in [3.8, 4) is 0 Å². The summed E-state index contributed by atoms with van der Waals surface area (Å²) in [6, 6.07) is 0. The number of nitrogens with one attached hydrogen (secondary N) is 1. The van der Waals surface area contributed by atoms with E-state index in [-0.39, 0.29) is 0 Å². The molecule has 3 heteroatoms. The Morgan fingerprint density at radius 2 is 2.36 bits per heavy atom. The molecule has 0 spiro atoms. The highest BCUT2D eigenvalue weighted by Gasteiger charge is 2.19. The van der Waals surface area contributed by atoms with E-state index in [1.54, 1.807) is 0 Å². The van der Waals surface area contributed by atoms with Crippen LogP contribution in [0.4, 0.5) is 0 Å². The molecule has 2 rings (SSSR count). The van der Waals surface area contributed by atoms with E-state index < -0.39 is 0 Å². The predicted molar refractivity (Wildman–Crippen MR) is 57.2 cm³/mol. The first kappa shape index (κ1) is 9.71. The van der Waals surface area contributed by atoms with Crippen LogP contribution in [0.15, 0.2) is 12.4 Å². The molecule has 1 N–H and O–H groups in total. The van der Waals surface area contributed by atoms with Crippen LogP contribution in [0.3, 0.4) is 0 Å². The minimum atomic E-state index is 0.985. The van der Waals surface area contributed by atoms with Gasteiger partial charge < -0.3 is 5.32 Å². The zero-order chi connectivity index (χ0) is 9.80. The van der Waals surface area contributed by atoms with Gasteiger partial charge in [-0.25, -0.2) is 0 Å². The molecular weight excluding hydrogens is 174 g/mol. The van der Waals surface area contributed by atoms with Crippen LogP contribution >= 0.6 is 0 Å². The molecule has 1 aliphatic rings. The number of hydrogen-bond acceptors (Lipinski definition) is 2. The molecule has 78 valence electrons. The molecule has 0 bridgehead atoms. The highest BCUT2D eigenvalue weighted by molar-refractivity contribution is 4.99. The van der Waals surface area contributed by atoms with Crippen LogP contribution in [0.5, 0.6) is 0 Å². The second-order valence-corrected chi connectivity index (χ2v) is 4.26. The van der Waals surface area contributed by atoms with Crippen molar-refractivity contribution >= 4 is 0 Å². The van der Waals surface area contributed by atoms with Gasteiger partial charge in [0.1, 0.15) is 0 Å². The van der Waals surface area contributed by atoms with Crippen LogP contribution < -0.4 is 5.32 Å². The van der Waals surface area contributed by atoms with Gasteiger partial charge in [-0.3, -0.25) is 4.68 Å². The predicted octanol–water partition coefficient (Wildman–Crippen LogP) is 1.58. The van der Waals surface area contributed by atoms with Gasteiger partial charge in [-0.2, -0.15) is 5.10 Å². The van der Waals surface area contributed by atoms with Crippen LogP contribution in [0.1, 0.15) is 24.8 Å². The van der Waals surface area contributed by atoms with Crippen LogP contribution in [0.25, 0.3) is 0 Å². The molecule has 14 heavy (non-hydrogen) atoms. The fourth-order valence-electron chi connectivity index (χ4n) is 1.62. The Bertz CT molecular complexity index is 276. The van der Waals surface area contributed by atoms with E-state index in [2.05, 4.69) is 23.5 Å². The zero-order valence-corrected chi connectivity index (χ0v) is 8.87. The Hall–Kier alpha value is -0.830. The summed E-state index contributed by atoms with van der Waals surface area (Å²) in [7, 11) is 0. The van der Waals surface area contributed by atoms with Crippen molar-refractivity contribution in [3.63, 3.8) is 0 Å². The van der Waals surface area contributed by atoms with Crippen LogP contribution in [0.2, 0.25) is 0 Å². The van der Waals surface area contributed by atoms with Crippen molar-refractivity contribution in [2.75, 3.05) is 13.1 Å². The van der Waals surface area contributed by atoms with E-state index in [0.717, 1.165) is 19.0 Å². The molecule has 1 aromatic rings. The second kappa shape index (κ2) is 4.60. The van der Waals surface area contributed by atoms with Gasteiger partial charge in [0.05, 0.1) is 12.7 Å². The van der Waals surface area contributed by atoms with E-state index >= 15 is 0 Å². The molecule has 0 atom stereocenters. The maximum atomic E-state index is 4.24. The van der Waals surface area contributed by atoms with E-state index in [9.17, 15) is 0 Å². The minimum absolute atomic E-state index is 0.985. The summed E-state index contributed by atoms with van der Waals surface area (Å²) in [5.74, 6) is 1.04. The molecule has 0 aromatic carbocycles. The van der Waals surface area contributed by atoms with Gasteiger partial charge in [-0.1, -0.05) is 12.8 Å². The average Bonchev–Trinajstić information content (AvgIpc) is 2.89. The van der Waals surface area contributed by atoms with E-state index in [4.69, 9.17) is 0 Å². The van der Waals surface area contributed by atoms with Crippen LogP contribution in [-0.4, -0.2) is 22.9 Å². The third-order valence-electron chi connectivity index (χ3n) is 2.71. The van der Waals surface area contributed by atoms with Crippen molar-refractivity contribution in [1.29, 1.82) is 0 Å². The van der Waals surface area contributed by atoms with Crippen molar-refractivity contribution in [2.24, 2.45) is 5.92 Å². The fraction of sp³-hybridized carbons (Fsp3) is 0.727. The average molecular weight is 193 g/mol. The van der Waals surface area contributed by atoms with Crippen LogP contribution in [0, 0.1) is 12.8 Å². The highest BCUT2D eigenvalue weighted by atomic mass is 15.3. The van der Waals surface area contributed by atoms with Crippen LogP contribution in [-0.2, 0) is 6.54 Å². The first-order valence-electron chi connectivity index (χ1n) is 5.54. The Kier molecular flexibility index (Phi) is 3.19. The van der Waals surface area contributed by atoms with Gasteiger partial charge in [0.25, 0.3) is 0 Å². The molecule has 0 unspecified atom stereocenters. The lowest BCUT2D eigenvalue weighted by Gasteiger charge is -2.03. The minimum Gasteiger partial charge on any atom is -0.315 e. The van der Waals surface area contributed by atoms with Gasteiger partial charge in [-0.05, 0) is 31.4 Å². The number of rotatable bonds is 6. The SMILES string of the molecule is Cc1cnn(CCNCCC2CC2)c1. The largest absolute Gasteiger partial charge is 0.315 e. The Morgan fingerprint density at radius 1 is 1.50 bits per heavy atom. The highest BCUT2D eigenvalue weighted by Crippen LogP contribution is 2.31. The van der Waals surface area contributed by atoms with Gasteiger partial charge in [-0.15, -0.1) is 0 Å². The summed E-state index contributed by atoms with van der Waals surface area (Å²) in [4.78, 5) is 0. The van der Waals surface area contributed by atoms with Crippen molar-refractivity contribution < 1.29 is 0 Å². The molecule has 0 saturated heterocycles. The summed E-state index contributed by atoms with van der Waals surface area (Å²) in [6.45, 7) is 5.27. The summed E-state index contributed by atoms with van der Waals surface area (Å²) < 4.78 is 2.00. The summed E-state index contributed by atoms with van der Waals surface area (Å²) in [5.41, 5.74) is 1.24. The maximum absolute atomic E-state index is 4.24. The molecule has 1 saturated carbocycles. The Morgan fingerprint density at radius 3 is 3.00 bits per heavy atom. The van der Waals surface area contributed by atoms with Gasteiger partial charge in [0, 0.05) is 12.7 Å². The van der Waals surface area contributed by atoms with E-state index in [1.807, 2.05) is 10.9 Å². The van der Waals surface area contributed by atoms with Gasteiger partial charge in [0.2, 0.25) is 0 Å². The van der Waals surface area contributed by atoms with Crippen molar-refractivity contribution in [3.05, 3.63) is 18.0 Å². The fourth-order valence-corrected chi connectivity index (χ4v) is 1.62. The maximum Gasteiger partial charge on any atom is 0.0534 e. The van der Waals surface area contributed by atoms with Gasteiger partial charge >= 0.3 is 0 Å². The normalized spacial score (nSPS) is 16.1. The standard InChI is InChI=1S/C11H19N3/c1-10-8-13-14(9-10)7-6-12-5-4-11-2-3-11/h8-9,11-12H,2-7H2,1H3. The molecule has 3 nitrogen and oxygen atoms in total. The molecular formula is C11H19N3. The summed E-state index contributed by atoms with van der Waals surface area (Å²) in [6.07, 6.45) is 8.27. The van der Waals surface area contributed by atoms with Crippen molar-refractivity contribution in [2.45, 2.75) is 32.7 Å². The first-order valence-corrected chi connectivity index (χ1v) is 5.54. The third kappa shape index (κ3) is 3.14. The quantitative estimate of drug-likeness (QED) is 0.695. The molecule has 0 amide bonds. The molecule has 0 radical (unpaired) electrons. The smallest absolute Gasteiger partial charge is 0.0534 e. The summed E-state index contributed by atoms with van der Waals surface area (Å²) >= 11 is 0. The number of aryl methyl sites for hydroxylation is 1. The Labute approximate surface area is 85.5 Å². The zero-order valence-electron chi connectivity index (χ0n) is 8.87. The van der Waals surface area contributed by atoms with Crippen molar-refractivity contribution in [1.82, 2.24) is 15.1 Å². The second-order valence-electron chi connectivity index (χ2n) is 4.26. The lowest BCUT2D eigenvalue weighted by molar-refractivity contribution is 0.537. The van der Waals surface area contributed by atoms with E-state index in [0.29, 0.717) is 0 Å². The topological polar surface area (TPSA) is 29.9 Å². The first-order chi connectivity index (χ1) is 6.84.